The zero-order valence-corrected chi connectivity index (χ0v) is 10.4. The Morgan fingerprint density at radius 3 is 2.65 bits per heavy atom. The van der Waals surface area contributed by atoms with E-state index >= 15 is 0 Å². The van der Waals surface area contributed by atoms with Gasteiger partial charge in [0.25, 0.3) is 16.0 Å². The highest BCUT2D eigenvalue weighted by atomic mass is 32.2. The molecule has 1 heterocycles. The van der Waals surface area contributed by atoms with E-state index in [0.717, 1.165) is 0 Å². The Hall–Kier alpha value is -1.47. The summed E-state index contributed by atoms with van der Waals surface area (Å²) in [5, 5.41) is 0. The summed E-state index contributed by atoms with van der Waals surface area (Å²) >= 11 is 0. The smallest absolute Gasteiger partial charge is 0.265 e. The average Bonchev–Trinajstić information content (AvgIpc) is 2.24. The Bertz CT molecular complexity index is 511. The molecule has 0 unspecified atom stereocenters. The van der Waals surface area contributed by atoms with E-state index in [1.807, 2.05) is 0 Å². The molecule has 1 aromatic heterocycles. The zero-order chi connectivity index (χ0) is 13.1. The minimum Gasteiger partial charge on any atom is -0.345 e. The Morgan fingerprint density at radius 1 is 1.47 bits per heavy atom. The van der Waals surface area contributed by atoms with Crippen molar-refractivity contribution >= 4 is 16.0 Å². The van der Waals surface area contributed by atoms with Gasteiger partial charge in [0.05, 0.1) is 17.0 Å². The lowest BCUT2D eigenvalue weighted by molar-refractivity contribution is 0.0826. The van der Waals surface area contributed by atoms with Crippen LogP contribution < -0.4 is 0 Å². The number of rotatable bonds is 4. The van der Waals surface area contributed by atoms with Crippen molar-refractivity contribution in [1.29, 1.82) is 0 Å². The molecule has 0 aliphatic heterocycles. The van der Waals surface area contributed by atoms with Gasteiger partial charge in [-0.2, -0.15) is 8.42 Å². The Labute approximate surface area is 100 Å². The van der Waals surface area contributed by atoms with Gasteiger partial charge in [-0.1, -0.05) is 0 Å². The number of carbonyl (C=O) groups excluding carboxylic acids is 1. The number of carbonyl (C=O) groups is 1. The molecule has 17 heavy (non-hydrogen) atoms. The van der Waals surface area contributed by atoms with Gasteiger partial charge in [0.15, 0.2) is 0 Å². The third-order valence-corrected chi connectivity index (χ3v) is 2.84. The summed E-state index contributed by atoms with van der Waals surface area (Å²) in [6.45, 7) is 0. The molecule has 0 radical (unpaired) electrons. The van der Waals surface area contributed by atoms with Gasteiger partial charge in [-0.15, -0.1) is 0 Å². The molecule has 0 aliphatic carbocycles. The van der Waals surface area contributed by atoms with Gasteiger partial charge in [-0.25, -0.2) is 0 Å². The molecule has 0 saturated carbocycles. The molecule has 0 aliphatic rings. The predicted molar refractivity (Wildman–Crippen MR) is 62.4 cm³/mol. The summed E-state index contributed by atoms with van der Waals surface area (Å²) < 4.78 is 30.0. The molecule has 0 fully saturated rings. The molecule has 1 amide bonds. The lowest BCUT2D eigenvalue weighted by Crippen LogP contribution is -2.24. The number of amides is 1. The van der Waals surface area contributed by atoms with E-state index in [4.69, 9.17) is 4.55 Å². The fourth-order valence-electron chi connectivity index (χ4n) is 1.30. The van der Waals surface area contributed by atoms with Gasteiger partial charge in [-0.05, 0) is 12.1 Å². The molecule has 1 rings (SSSR count). The maximum atomic E-state index is 11.8. The van der Waals surface area contributed by atoms with Crippen molar-refractivity contribution in [3.63, 3.8) is 0 Å². The second-order valence-corrected chi connectivity index (χ2v) is 5.31. The molecular weight excluding hydrogens is 244 g/mol. The summed E-state index contributed by atoms with van der Waals surface area (Å²) in [5.74, 6) is -0.694. The first kappa shape index (κ1) is 13.6. The topological polar surface area (TPSA) is 87.6 Å². The van der Waals surface area contributed by atoms with Crippen molar-refractivity contribution in [1.82, 2.24) is 9.88 Å². The Morgan fingerprint density at radius 2 is 2.12 bits per heavy atom. The van der Waals surface area contributed by atoms with Gasteiger partial charge in [0, 0.05) is 26.7 Å². The van der Waals surface area contributed by atoms with Crippen molar-refractivity contribution in [3.8, 4) is 0 Å². The van der Waals surface area contributed by atoms with Gasteiger partial charge in [0.1, 0.15) is 0 Å². The largest absolute Gasteiger partial charge is 0.345 e. The van der Waals surface area contributed by atoms with Crippen LogP contribution in [0.3, 0.4) is 0 Å². The molecule has 1 N–H and O–H groups in total. The minimum absolute atomic E-state index is 0.00852. The molecule has 0 atom stereocenters. The Balaban J connectivity index is 2.96. The lowest BCUT2D eigenvalue weighted by atomic mass is 10.1. The van der Waals surface area contributed by atoms with Crippen LogP contribution in [0.25, 0.3) is 0 Å². The highest BCUT2D eigenvalue weighted by Gasteiger charge is 2.15. The summed E-state index contributed by atoms with van der Waals surface area (Å²) in [4.78, 5) is 17.1. The van der Waals surface area contributed by atoms with E-state index < -0.39 is 15.9 Å². The number of hydrogen-bond acceptors (Lipinski definition) is 4. The van der Waals surface area contributed by atoms with Gasteiger partial charge in [-0.3, -0.25) is 14.3 Å². The number of nitrogens with zero attached hydrogens (tertiary/aromatic N) is 2. The molecule has 7 heteroatoms. The third-order valence-electron chi connectivity index (χ3n) is 2.12. The summed E-state index contributed by atoms with van der Waals surface area (Å²) in [5.41, 5.74) is 0.713. The van der Waals surface area contributed by atoms with E-state index in [0.29, 0.717) is 11.3 Å². The quantitative estimate of drug-likeness (QED) is 0.780. The van der Waals surface area contributed by atoms with Crippen LogP contribution in [0.1, 0.15) is 16.1 Å². The molecule has 0 spiro atoms. The first-order chi connectivity index (χ1) is 7.81. The number of aryl methyl sites for hydroxylation is 1. The van der Waals surface area contributed by atoms with Crippen LogP contribution in [-0.4, -0.2) is 48.6 Å². The molecule has 0 bridgehead atoms. The third kappa shape index (κ3) is 4.12. The Kier molecular flexibility index (Phi) is 4.19. The van der Waals surface area contributed by atoms with E-state index in [2.05, 4.69) is 4.98 Å². The molecule has 6 nitrogen and oxygen atoms in total. The number of hydrogen-bond donors (Lipinski definition) is 1. The molecule has 1 aromatic rings. The van der Waals surface area contributed by atoms with Crippen LogP contribution in [0.4, 0.5) is 0 Å². The fraction of sp³-hybridized carbons (Fsp3) is 0.400. The van der Waals surface area contributed by atoms with Crippen molar-refractivity contribution in [2.24, 2.45) is 0 Å². The van der Waals surface area contributed by atoms with Gasteiger partial charge >= 0.3 is 0 Å². The normalized spacial score (nSPS) is 11.2. The second-order valence-electron chi connectivity index (χ2n) is 3.73. The van der Waals surface area contributed by atoms with E-state index in [-0.39, 0.29) is 12.3 Å². The van der Waals surface area contributed by atoms with Crippen molar-refractivity contribution in [2.75, 3.05) is 19.8 Å². The standard InChI is InChI=1S/C10H14N2O4S/c1-12(2)10(13)8-4-3-6-11-9(8)5-7-17(14,15)16/h3-4,6H,5,7H2,1-2H3,(H,14,15,16). The van der Waals surface area contributed by atoms with Crippen LogP contribution in [0, 0.1) is 0 Å². The van der Waals surface area contributed by atoms with E-state index in [1.165, 1.54) is 11.1 Å². The lowest BCUT2D eigenvalue weighted by Gasteiger charge is -2.12. The van der Waals surface area contributed by atoms with Crippen molar-refractivity contribution in [3.05, 3.63) is 29.6 Å². The summed E-state index contributed by atoms with van der Waals surface area (Å²) in [6, 6.07) is 3.18. The predicted octanol–water partition coefficient (Wildman–Crippen LogP) is 0.214. The average molecular weight is 258 g/mol. The van der Waals surface area contributed by atoms with Gasteiger partial charge < -0.3 is 4.90 Å². The van der Waals surface area contributed by atoms with Crippen LogP contribution in [0.15, 0.2) is 18.3 Å². The molecular formula is C10H14N2O4S. The second kappa shape index (κ2) is 5.24. The SMILES string of the molecule is CN(C)C(=O)c1cccnc1CCS(=O)(=O)O. The number of aromatic nitrogens is 1. The molecule has 0 saturated heterocycles. The number of pyridine rings is 1. The van der Waals surface area contributed by atoms with Crippen molar-refractivity contribution in [2.45, 2.75) is 6.42 Å². The fourth-order valence-corrected chi connectivity index (χ4v) is 1.75. The van der Waals surface area contributed by atoms with Crippen LogP contribution in [0.2, 0.25) is 0 Å². The zero-order valence-electron chi connectivity index (χ0n) is 9.62. The van der Waals surface area contributed by atoms with E-state index in [9.17, 15) is 13.2 Å². The van der Waals surface area contributed by atoms with Crippen LogP contribution >= 0.6 is 0 Å². The van der Waals surface area contributed by atoms with Gasteiger partial charge in [0.2, 0.25) is 0 Å². The maximum Gasteiger partial charge on any atom is 0.265 e. The summed E-state index contributed by atoms with van der Waals surface area (Å²) in [7, 11) is -0.852. The van der Waals surface area contributed by atoms with Crippen molar-refractivity contribution < 1.29 is 17.8 Å². The first-order valence-electron chi connectivity index (χ1n) is 4.92. The first-order valence-corrected chi connectivity index (χ1v) is 6.53. The van der Waals surface area contributed by atoms with Crippen LogP contribution in [0.5, 0.6) is 0 Å². The summed E-state index contributed by atoms with van der Waals surface area (Å²) in [6.07, 6.45) is 1.49. The molecule has 94 valence electrons. The maximum absolute atomic E-state index is 11.8. The van der Waals surface area contributed by atoms with E-state index in [1.54, 1.807) is 26.2 Å². The minimum atomic E-state index is -4.05. The highest BCUT2D eigenvalue weighted by Crippen LogP contribution is 2.09. The molecule has 0 aromatic carbocycles. The highest BCUT2D eigenvalue weighted by molar-refractivity contribution is 7.85. The van der Waals surface area contributed by atoms with Crippen LogP contribution in [-0.2, 0) is 16.5 Å². The monoisotopic (exact) mass is 258 g/mol.